The number of anilines is 3. The fraction of sp³-hybridized carbons (Fsp3) is 0.577. The maximum Gasteiger partial charge on any atom is 0.368 e. The van der Waals surface area contributed by atoms with Gasteiger partial charge in [0.1, 0.15) is 18.0 Å². The number of nitrogens with one attached hydrogen (secondary N) is 2. The summed E-state index contributed by atoms with van der Waals surface area (Å²) in [6.45, 7) is 6.37. The number of benzene rings is 1. The molecule has 2 aliphatic rings. The first-order chi connectivity index (χ1) is 19.0. The van der Waals surface area contributed by atoms with E-state index in [9.17, 15) is 9.18 Å². The third kappa shape index (κ3) is 5.77. The summed E-state index contributed by atoms with van der Waals surface area (Å²) < 4.78 is 37.9. The van der Waals surface area contributed by atoms with Gasteiger partial charge in [0.15, 0.2) is 17.5 Å². The number of hydrogen-bond donors (Lipinski definition) is 2. The van der Waals surface area contributed by atoms with E-state index < -0.39 is 17.3 Å². The molecule has 0 aliphatic carbocycles. The van der Waals surface area contributed by atoms with E-state index in [2.05, 4.69) is 49.8 Å². The van der Waals surface area contributed by atoms with Crippen LogP contribution in [0.4, 0.5) is 26.2 Å². The van der Waals surface area contributed by atoms with Crippen molar-refractivity contribution in [1.82, 2.24) is 39.6 Å². The molecule has 0 radical (unpaired) electrons. The predicted octanol–water partition coefficient (Wildman–Crippen LogP) is 2.54. The molecule has 0 amide bonds. The van der Waals surface area contributed by atoms with E-state index >= 15 is 4.39 Å². The highest BCUT2D eigenvalue weighted by atomic mass is 19.1. The third-order valence-corrected chi connectivity index (χ3v) is 7.58. The molecular formula is C26H36F2N10O2. The van der Waals surface area contributed by atoms with Crippen LogP contribution in [0.5, 0.6) is 5.75 Å². The Morgan fingerprint density at radius 1 is 1.20 bits per heavy atom. The van der Waals surface area contributed by atoms with Crippen molar-refractivity contribution in [1.29, 1.82) is 0 Å². The van der Waals surface area contributed by atoms with E-state index in [1.807, 2.05) is 19.0 Å². The van der Waals surface area contributed by atoms with Crippen molar-refractivity contribution < 1.29 is 13.5 Å². The second-order valence-corrected chi connectivity index (χ2v) is 11.3. The molecule has 2 N–H and O–H groups in total. The first-order valence-corrected chi connectivity index (χ1v) is 13.4. The van der Waals surface area contributed by atoms with Crippen LogP contribution in [-0.4, -0.2) is 91.0 Å². The highest BCUT2D eigenvalue weighted by molar-refractivity contribution is 5.63. The molecule has 2 fully saturated rings. The molecule has 4 heterocycles. The molecule has 14 heteroatoms. The average molecular weight is 559 g/mol. The number of piperidine rings is 1. The van der Waals surface area contributed by atoms with Crippen molar-refractivity contribution in [3.05, 3.63) is 40.4 Å². The summed E-state index contributed by atoms with van der Waals surface area (Å²) in [6.07, 6.45) is 5.10. The molecule has 2 atom stereocenters. The Morgan fingerprint density at radius 3 is 2.73 bits per heavy atom. The maximum absolute atomic E-state index is 15.3. The topological polar surface area (TPSA) is 118 Å². The fourth-order valence-corrected chi connectivity index (χ4v) is 5.69. The predicted molar refractivity (Wildman–Crippen MR) is 146 cm³/mol. The summed E-state index contributed by atoms with van der Waals surface area (Å²) in [4.78, 5) is 25.4. The number of fused-ring (bicyclic) bond motifs is 1. The van der Waals surface area contributed by atoms with Gasteiger partial charge in [0, 0.05) is 37.3 Å². The van der Waals surface area contributed by atoms with Crippen molar-refractivity contribution >= 4 is 17.5 Å². The molecule has 0 unspecified atom stereocenters. The number of aryl methyl sites for hydroxylation is 1. The van der Waals surface area contributed by atoms with Crippen LogP contribution in [0.25, 0.3) is 5.69 Å². The minimum atomic E-state index is -0.668. The molecule has 2 saturated heterocycles. The largest absolute Gasteiger partial charge is 0.490 e. The van der Waals surface area contributed by atoms with Crippen LogP contribution in [0.2, 0.25) is 0 Å². The quantitative estimate of drug-likeness (QED) is 0.406. The van der Waals surface area contributed by atoms with Crippen molar-refractivity contribution in [2.45, 2.75) is 57.2 Å². The van der Waals surface area contributed by atoms with Gasteiger partial charge in [-0.3, -0.25) is 4.90 Å². The summed E-state index contributed by atoms with van der Waals surface area (Å²) in [5.74, 6) is -1.08. The number of ether oxygens (including phenoxy) is 1. The molecule has 5 rings (SSSR count). The Hall–Kier alpha value is -3.65. The van der Waals surface area contributed by atoms with Crippen LogP contribution >= 0.6 is 0 Å². The molecule has 0 spiro atoms. The van der Waals surface area contributed by atoms with Crippen LogP contribution in [0.15, 0.2) is 23.1 Å². The Bertz CT molecular complexity index is 1420. The van der Waals surface area contributed by atoms with E-state index in [-0.39, 0.29) is 47.1 Å². The van der Waals surface area contributed by atoms with Crippen LogP contribution in [0.1, 0.15) is 39.5 Å². The van der Waals surface area contributed by atoms with E-state index in [4.69, 9.17) is 4.74 Å². The average Bonchev–Trinajstić information content (AvgIpc) is 3.49. The van der Waals surface area contributed by atoms with Gasteiger partial charge in [0.25, 0.3) is 0 Å². The molecule has 40 heavy (non-hydrogen) atoms. The lowest BCUT2D eigenvalue weighted by atomic mass is 9.84. The molecule has 216 valence electrons. The molecule has 2 aromatic heterocycles. The second kappa shape index (κ2) is 11.1. The summed E-state index contributed by atoms with van der Waals surface area (Å²) in [6, 6.07) is 3.03. The number of tetrazole rings is 1. The van der Waals surface area contributed by atoms with Gasteiger partial charge < -0.3 is 20.3 Å². The van der Waals surface area contributed by atoms with Gasteiger partial charge in [-0.1, -0.05) is 0 Å². The molecule has 1 aromatic carbocycles. The van der Waals surface area contributed by atoms with Crippen LogP contribution in [0, 0.1) is 11.6 Å². The van der Waals surface area contributed by atoms with Gasteiger partial charge >= 0.3 is 5.69 Å². The normalized spacial score (nSPS) is 20.5. The van der Waals surface area contributed by atoms with Crippen molar-refractivity contribution in [3.63, 3.8) is 0 Å². The second-order valence-electron chi connectivity index (χ2n) is 11.3. The van der Waals surface area contributed by atoms with Gasteiger partial charge in [0.05, 0.1) is 11.9 Å². The molecule has 3 aromatic rings. The third-order valence-electron chi connectivity index (χ3n) is 7.58. The lowest BCUT2D eigenvalue weighted by Crippen LogP contribution is -2.55. The van der Waals surface area contributed by atoms with Gasteiger partial charge in [-0.15, -0.1) is 0 Å². The Morgan fingerprint density at radius 2 is 2.00 bits per heavy atom. The molecule has 2 aliphatic heterocycles. The van der Waals surface area contributed by atoms with Gasteiger partial charge in [-0.05, 0) is 76.7 Å². The van der Waals surface area contributed by atoms with E-state index in [0.29, 0.717) is 12.6 Å². The van der Waals surface area contributed by atoms with Crippen LogP contribution in [-0.2, 0) is 7.05 Å². The van der Waals surface area contributed by atoms with E-state index in [1.54, 1.807) is 0 Å². The molecule has 0 saturated carbocycles. The number of likely N-dealkylation sites (N-methyl/N-ethyl adjacent to an activating group) is 1. The Labute approximate surface area is 231 Å². The zero-order valence-corrected chi connectivity index (χ0v) is 23.5. The Balaban J connectivity index is 1.40. The summed E-state index contributed by atoms with van der Waals surface area (Å²) >= 11 is 0. The number of hydrogen-bond acceptors (Lipinski definition) is 10. The smallest absolute Gasteiger partial charge is 0.368 e. The summed E-state index contributed by atoms with van der Waals surface area (Å²) in [7, 11) is 5.23. The number of halogens is 2. The van der Waals surface area contributed by atoms with Gasteiger partial charge in [-0.2, -0.15) is 14.3 Å². The summed E-state index contributed by atoms with van der Waals surface area (Å²) in [5, 5.41) is 13.7. The fourth-order valence-electron chi connectivity index (χ4n) is 5.69. The Kier molecular flexibility index (Phi) is 7.73. The standard InChI is InChI=1S/C26H36F2N10O2/c1-26(2)14-16(11-17-7-6-8-37(17)26)30-23-19(28)15-29-24(32-23)31-20-13-21(38-25(39)36(5)33-34-38)22(12-18(20)27)40-10-9-35(3)4/h12-13,15-17H,6-11,14H2,1-5H3,(H2,29,30,31,32)/t16-,17+/m1/s1. The van der Waals surface area contributed by atoms with E-state index in [0.717, 1.165) is 47.4 Å². The lowest BCUT2D eigenvalue weighted by Gasteiger charge is -2.47. The van der Waals surface area contributed by atoms with Gasteiger partial charge in [-0.25, -0.2) is 18.6 Å². The minimum Gasteiger partial charge on any atom is -0.490 e. The van der Waals surface area contributed by atoms with Gasteiger partial charge in [0.2, 0.25) is 5.95 Å². The number of nitrogens with zero attached hydrogens (tertiary/aromatic N) is 8. The molecular weight excluding hydrogens is 522 g/mol. The lowest BCUT2D eigenvalue weighted by molar-refractivity contribution is 0.0500. The first-order valence-electron chi connectivity index (χ1n) is 13.4. The minimum absolute atomic E-state index is 0.000850. The first kappa shape index (κ1) is 27.9. The SMILES string of the molecule is CN(C)CCOc1cc(F)c(Nc2ncc(F)c(N[C@@H]3C[C@@H]4CCCN4C(C)(C)C3)n2)cc1-n1nnn(C)c1=O. The highest BCUT2D eigenvalue weighted by Gasteiger charge is 2.43. The zero-order valence-electron chi connectivity index (χ0n) is 23.5. The number of aromatic nitrogens is 6. The maximum atomic E-state index is 15.3. The van der Waals surface area contributed by atoms with Crippen molar-refractivity contribution in [2.75, 3.05) is 44.4 Å². The summed E-state index contributed by atoms with van der Waals surface area (Å²) in [5.41, 5.74) is -0.385. The monoisotopic (exact) mass is 558 g/mol. The van der Waals surface area contributed by atoms with Crippen LogP contribution < -0.4 is 21.1 Å². The van der Waals surface area contributed by atoms with E-state index in [1.165, 1.54) is 19.5 Å². The van der Waals surface area contributed by atoms with Crippen LogP contribution in [0.3, 0.4) is 0 Å². The number of rotatable bonds is 9. The van der Waals surface area contributed by atoms with Crippen molar-refractivity contribution in [3.8, 4) is 11.4 Å². The van der Waals surface area contributed by atoms with Crippen molar-refractivity contribution in [2.24, 2.45) is 7.05 Å². The molecule has 12 nitrogen and oxygen atoms in total. The molecule has 0 bridgehead atoms. The highest BCUT2D eigenvalue weighted by Crippen LogP contribution is 2.38. The zero-order chi connectivity index (χ0) is 28.6.